The van der Waals surface area contributed by atoms with Gasteiger partial charge in [0.25, 0.3) is 11.8 Å². The molecule has 0 unspecified atom stereocenters. The van der Waals surface area contributed by atoms with Crippen LogP contribution in [0.4, 0.5) is 14.9 Å². The average molecular weight is 593 g/mol. The lowest BCUT2D eigenvalue weighted by atomic mass is 10.0. The van der Waals surface area contributed by atoms with Crippen molar-refractivity contribution < 1.29 is 33.0 Å². The highest BCUT2D eigenvalue weighted by atomic mass is 19.1. The first-order valence-electron chi connectivity index (χ1n) is 13.7. The van der Waals surface area contributed by atoms with Gasteiger partial charge in [-0.05, 0) is 77.7 Å². The Hall–Kier alpha value is -5.70. The highest BCUT2D eigenvalue weighted by Gasteiger charge is 2.37. The monoisotopic (exact) mass is 592 g/mol. The fraction of sp³-hybridized carbons (Fsp3) is 0.114. The molecule has 0 saturated carbocycles. The second-order valence-electron chi connectivity index (χ2n) is 9.85. The van der Waals surface area contributed by atoms with Crippen molar-refractivity contribution in [2.24, 2.45) is 0 Å². The lowest BCUT2D eigenvalue weighted by Crippen LogP contribution is -2.54. The summed E-state index contributed by atoms with van der Waals surface area (Å²) in [6.45, 7) is 4.33. The van der Waals surface area contributed by atoms with Crippen LogP contribution in [0.15, 0.2) is 109 Å². The van der Waals surface area contributed by atoms with Gasteiger partial charge in [0.05, 0.1) is 12.8 Å². The van der Waals surface area contributed by atoms with Crippen molar-refractivity contribution in [1.29, 1.82) is 0 Å². The number of amides is 4. The van der Waals surface area contributed by atoms with Gasteiger partial charge in [-0.3, -0.25) is 14.9 Å². The van der Waals surface area contributed by atoms with Crippen molar-refractivity contribution >= 4 is 29.6 Å². The SMILES string of the molecule is C=CCc1cc(/C=C2\C(=O)NC(=O)N(c3ccc(OCc4ccccc4)cc3)C2=O)cc(OC)c1OCc1ccc(F)cc1. The third kappa shape index (κ3) is 6.84. The normalized spacial score (nSPS) is 13.9. The Labute approximate surface area is 254 Å². The first kappa shape index (κ1) is 29.8. The number of hydrogen-bond donors (Lipinski definition) is 1. The minimum Gasteiger partial charge on any atom is -0.493 e. The molecule has 4 amide bonds. The van der Waals surface area contributed by atoms with Crippen LogP contribution in [-0.4, -0.2) is 25.0 Å². The zero-order valence-corrected chi connectivity index (χ0v) is 23.9. The number of halogens is 1. The minimum absolute atomic E-state index is 0.162. The van der Waals surface area contributed by atoms with Gasteiger partial charge < -0.3 is 14.2 Å². The lowest BCUT2D eigenvalue weighted by molar-refractivity contribution is -0.122. The Balaban J connectivity index is 1.38. The van der Waals surface area contributed by atoms with Gasteiger partial charge in [0.1, 0.15) is 30.4 Å². The van der Waals surface area contributed by atoms with Crippen LogP contribution in [0.5, 0.6) is 17.2 Å². The van der Waals surface area contributed by atoms with Gasteiger partial charge in [-0.1, -0.05) is 48.5 Å². The van der Waals surface area contributed by atoms with Gasteiger partial charge in [-0.15, -0.1) is 6.58 Å². The summed E-state index contributed by atoms with van der Waals surface area (Å²) in [4.78, 5) is 40.0. The Bertz CT molecular complexity index is 1720. The Morgan fingerprint density at radius 1 is 0.864 bits per heavy atom. The smallest absolute Gasteiger partial charge is 0.335 e. The number of ether oxygens (including phenoxy) is 3. The molecule has 4 aromatic rings. The average Bonchev–Trinajstić information content (AvgIpc) is 3.03. The second-order valence-corrected chi connectivity index (χ2v) is 9.85. The van der Waals surface area contributed by atoms with Gasteiger partial charge in [-0.25, -0.2) is 14.1 Å². The van der Waals surface area contributed by atoms with E-state index in [1.54, 1.807) is 54.6 Å². The molecule has 4 aromatic carbocycles. The molecule has 1 N–H and O–H groups in total. The van der Waals surface area contributed by atoms with Gasteiger partial charge >= 0.3 is 6.03 Å². The molecule has 0 spiro atoms. The molecule has 5 rings (SSSR count). The predicted molar refractivity (Wildman–Crippen MR) is 164 cm³/mol. The molecule has 1 heterocycles. The number of anilines is 1. The molecule has 0 bridgehead atoms. The van der Waals surface area contributed by atoms with E-state index in [1.807, 2.05) is 30.3 Å². The van der Waals surface area contributed by atoms with Crippen LogP contribution in [0.25, 0.3) is 6.08 Å². The van der Waals surface area contributed by atoms with Crippen molar-refractivity contribution in [1.82, 2.24) is 5.32 Å². The van der Waals surface area contributed by atoms with Gasteiger partial charge in [0.15, 0.2) is 11.5 Å². The quantitative estimate of drug-likeness (QED) is 0.123. The topological polar surface area (TPSA) is 94.2 Å². The zero-order chi connectivity index (χ0) is 31.1. The first-order chi connectivity index (χ1) is 21.4. The third-order valence-corrected chi connectivity index (χ3v) is 6.79. The van der Waals surface area contributed by atoms with E-state index >= 15 is 0 Å². The zero-order valence-electron chi connectivity index (χ0n) is 23.9. The van der Waals surface area contributed by atoms with E-state index in [0.717, 1.165) is 16.0 Å². The molecule has 0 aliphatic carbocycles. The summed E-state index contributed by atoms with van der Waals surface area (Å²) in [5.74, 6) is -0.580. The van der Waals surface area contributed by atoms with Crippen molar-refractivity contribution in [2.75, 3.05) is 12.0 Å². The molecule has 0 aromatic heterocycles. The molecule has 1 saturated heterocycles. The van der Waals surface area contributed by atoms with Crippen LogP contribution in [-0.2, 0) is 29.2 Å². The molecule has 0 atom stereocenters. The van der Waals surface area contributed by atoms with Crippen molar-refractivity contribution in [3.63, 3.8) is 0 Å². The van der Waals surface area contributed by atoms with Crippen molar-refractivity contribution in [3.8, 4) is 17.2 Å². The number of carbonyl (C=O) groups is 3. The van der Waals surface area contributed by atoms with E-state index in [1.165, 1.54) is 25.3 Å². The number of nitrogens with zero attached hydrogens (tertiary/aromatic N) is 1. The molecule has 9 heteroatoms. The standard InChI is InChI=1S/C35H29FN2O6/c1-3-7-26-18-25(20-31(42-2)32(26)44-22-24-10-12-27(36)13-11-24)19-30-33(39)37-35(41)38(34(30)40)28-14-16-29(17-15-28)43-21-23-8-5-4-6-9-23/h3-6,8-20H,1,7,21-22H2,2H3,(H,37,39,41)/b30-19+. The first-order valence-corrected chi connectivity index (χ1v) is 13.7. The molecule has 8 nitrogen and oxygen atoms in total. The minimum atomic E-state index is -0.857. The third-order valence-electron chi connectivity index (χ3n) is 6.79. The number of hydrogen-bond acceptors (Lipinski definition) is 6. The highest BCUT2D eigenvalue weighted by Crippen LogP contribution is 2.35. The summed E-state index contributed by atoms with van der Waals surface area (Å²) in [5.41, 5.74) is 2.96. The number of methoxy groups -OCH3 is 1. The maximum Gasteiger partial charge on any atom is 0.335 e. The Kier molecular flexibility index (Phi) is 9.15. The molecule has 44 heavy (non-hydrogen) atoms. The fourth-order valence-corrected chi connectivity index (χ4v) is 4.62. The largest absolute Gasteiger partial charge is 0.493 e. The van der Waals surface area contributed by atoms with Crippen LogP contribution in [0, 0.1) is 5.82 Å². The number of benzene rings is 4. The highest BCUT2D eigenvalue weighted by molar-refractivity contribution is 6.39. The number of imide groups is 2. The molecule has 0 radical (unpaired) electrons. The van der Waals surface area contributed by atoms with E-state index in [2.05, 4.69) is 11.9 Å². The van der Waals surface area contributed by atoms with E-state index in [9.17, 15) is 18.8 Å². The van der Waals surface area contributed by atoms with Crippen LogP contribution in [0.2, 0.25) is 0 Å². The summed E-state index contributed by atoms with van der Waals surface area (Å²) in [6, 6.07) is 24.6. The number of nitrogens with one attached hydrogen (secondary N) is 1. The molecular formula is C35H29FN2O6. The number of carbonyl (C=O) groups excluding carboxylic acids is 3. The molecule has 1 aliphatic rings. The number of barbiturate groups is 1. The number of urea groups is 1. The summed E-state index contributed by atoms with van der Waals surface area (Å²) >= 11 is 0. The fourth-order valence-electron chi connectivity index (χ4n) is 4.62. The van der Waals surface area contributed by atoms with Gasteiger partial charge in [0.2, 0.25) is 0 Å². The number of allylic oxidation sites excluding steroid dienone is 1. The molecule has 222 valence electrons. The maximum absolute atomic E-state index is 13.5. The Morgan fingerprint density at radius 3 is 2.23 bits per heavy atom. The van der Waals surface area contributed by atoms with Crippen LogP contribution >= 0.6 is 0 Å². The van der Waals surface area contributed by atoms with Crippen LogP contribution in [0.1, 0.15) is 22.3 Å². The van der Waals surface area contributed by atoms with E-state index < -0.39 is 17.8 Å². The van der Waals surface area contributed by atoms with Crippen molar-refractivity contribution in [3.05, 3.63) is 137 Å². The number of rotatable bonds is 11. The maximum atomic E-state index is 13.5. The van der Waals surface area contributed by atoms with Crippen LogP contribution < -0.4 is 24.4 Å². The van der Waals surface area contributed by atoms with E-state index in [4.69, 9.17) is 14.2 Å². The molecule has 1 fully saturated rings. The van der Waals surface area contributed by atoms with E-state index in [-0.39, 0.29) is 23.7 Å². The summed E-state index contributed by atoms with van der Waals surface area (Å²) in [6.07, 6.45) is 3.48. The van der Waals surface area contributed by atoms with Gasteiger partial charge in [0, 0.05) is 5.56 Å². The second kappa shape index (κ2) is 13.5. The Morgan fingerprint density at radius 2 is 1.55 bits per heavy atom. The van der Waals surface area contributed by atoms with Crippen molar-refractivity contribution in [2.45, 2.75) is 19.6 Å². The van der Waals surface area contributed by atoms with Gasteiger partial charge in [-0.2, -0.15) is 0 Å². The summed E-state index contributed by atoms with van der Waals surface area (Å²) in [7, 11) is 1.47. The predicted octanol–water partition coefficient (Wildman–Crippen LogP) is 6.39. The van der Waals surface area contributed by atoms with Crippen LogP contribution in [0.3, 0.4) is 0 Å². The molecular weight excluding hydrogens is 563 g/mol. The lowest BCUT2D eigenvalue weighted by Gasteiger charge is -2.26. The summed E-state index contributed by atoms with van der Waals surface area (Å²) in [5, 5.41) is 2.24. The molecule has 1 aliphatic heterocycles. The van der Waals surface area contributed by atoms with E-state index in [0.29, 0.717) is 41.4 Å². The summed E-state index contributed by atoms with van der Waals surface area (Å²) < 4.78 is 30.7.